The number of hydrogen-bond acceptors (Lipinski definition) is 6. The van der Waals surface area contributed by atoms with Crippen LogP contribution in [0.3, 0.4) is 0 Å². The molecule has 0 spiro atoms. The van der Waals surface area contributed by atoms with Gasteiger partial charge in [-0.25, -0.2) is 0 Å². The number of hydrogen-bond donors (Lipinski definition) is 3. The molecule has 0 aliphatic carbocycles. The van der Waals surface area contributed by atoms with Crippen LogP contribution in [-0.4, -0.2) is 42.7 Å². The molecule has 2 aromatic rings. The van der Waals surface area contributed by atoms with Gasteiger partial charge in [-0.1, -0.05) is 17.3 Å². The zero-order valence-electron chi connectivity index (χ0n) is 12.8. The molecule has 1 heterocycles. The van der Waals surface area contributed by atoms with Crippen molar-refractivity contribution in [3.63, 3.8) is 0 Å². The third kappa shape index (κ3) is 4.55. The zero-order chi connectivity index (χ0) is 16.8. The highest BCUT2D eigenvalue weighted by atomic mass is 16.5. The number of amides is 2. The second-order valence-electron chi connectivity index (χ2n) is 5.05. The Bertz CT molecular complexity index is 653. The van der Waals surface area contributed by atoms with Crippen molar-refractivity contribution in [3.8, 4) is 0 Å². The number of aliphatic hydroxyl groups excluding tert-OH is 1. The minimum absolute atomic E-state index is 0.0770. The lowest BCUT2D eigenvalue weighted by Crippen LogP contribution is -2.37. The lowest BCUT2D eigenvalue weighted by atomic mass is 10.1. The molecule has 1 atom stereocenters. The maximum absolute atomic E-state index is 11.6. The van der Waals surface area contributed by atoms with Crippen LogP contribution in [0.4, 0.5) is 11.5 Å². The molecule has 0 saturated heterocycles. The highest BCUT2D eigenvalue weighted by molar-refractivity contribution is 6.39. The first-order valence-electron chi connectivity index (χ1n) is 6.92. The van der Waals surface area contributed by atoms with Crippen LogP contribution in [0.5, 0.6) is 0 Å². The molecule has 2 rings (SSSR count). The van der Waals surface area contributed by atoms with E-state index in [1.807, 2.05) is 31.1 Å². The monoisotopic (exact) mass is 318 g/mol. The van der Waals surface area contributed by atoms with Crippen molar-refractivity contribution in [2.75, 3.05) is 30.9 Å². The molecule has 122 valence electrons. The van der Waals surface area contributed by atoms with Crippen molar-refractivity contribution in [1.29, 1.82) is 0 Å². The average Bonchev–Trinajstić information content (AvgIpc) is 3.05. The van der Waals surface area contributed by atoms with Crippen molar-refractivity contribution in [2.24, 2.45) is 0 Å². The summed E-state index contributed by atoms with van der Waals surface area (Å²) in [5, 5.41) is 18.1. The molecule has 1 aromatic carbocycles. The maximum atomic E-state index is 11.6. The van der Waals surface area contributed by atoms with Gasteiger partial charge in [0.25, 0.3) is 0 Å². The van der Waals surface area contributed by atoms with Gasteiger partial charge in [-0.05, 0) is 17.7 Å². The Kier molecular flexibility index (Phi) is 5.32. The molecule has 8 nitrogen and oxygen atoms in total. The van der Waals surface area contributed by atoms with Crippen LogP contribution in [-0.2, 0) is 9.59 Å². The summed E-state index contributed by atoms with van der Waals surface area (Å²) >= 11 is 0. The summed E-state index contributed by atoms with van der Waals surface area (Å²) in [6, 6.07) is 8.66. The van der Waals surface area contributed by atoms with Gasteiger partial charge in [0.2, 0.25) is 0 Å². The fourth-order valence-electron chi connectivity index (χ4n) is 1.83. The van der Waals surface area contributed by atoms with E-state index in [1.165, 1.54) is 12.3 Å². The second-order valence-corrected chi connectivity index (χ2v) is 5.05. The van der Waals surface area contributed by atoms with Crippen molar-refractivity contribution >= 4 is 23.3 Å². The number of rotatable bonds is 5. The number of nitrogens with one attached hydrogen (secondary N) is 2. The minimum atomic E-state index is -0.907. The highest BCUT2D eigenvalue weighted by Gasteiger charge is 2.16. The standard InChI is InChI=1S/C15H18N4O4/c1-19(2)11-5-3-10(4-6-11)12(20)9-16-14(21)15(22)17-13-7-8-23-18-13/h3-8,12,20H,9H2,1-2H3,(H,16,21)(H,17,18,22). The van der Waals surface area contributed by atoms with Crippen LogP contribution in [0.25, 0.3) is 0 Å². The van der Waals surface area contributed by atoms with Gasteiger partial charge in [0.1, 0.15) is 6.26 Å². The van der Waals surface area contributed by atoms with Crippen LogP contribution in [0.15, 0.2) is 41.1 Å². The molecule has 1 unspecified atom stereocenters. The number of carbonyl (C=O) groups excluding carboxylic acids is 2. The maximum Gasteiger partial charge on any atom is 0.314 e. The molecule has 0 radical (unpaired) electrons. The molecule has 0 saturated carbocycles. The van der Waals surface area contributed by atoms with E-state index < -0.39 is 17.9 Å². The predicted molar refractivity (Wildman–Crippen MR) is 83.9 cm³/mol. The molecule has 2 amide bonds. The van der Waals surface area contributed by atoms with Gasteiger partial charge in [-0.15, -0.1) is 0 Å². The van der Waals surface area contributed by atoms with Gasteiger partial charge in [-0.3, -0.25) is 14.9 Å². The van der Waals surface area contributed by atoms with Gasteiger partial charge in [0.05, 0.1) is 6.10 Å². The van der Waals surface area contributed by atoms with E-state index >= 15 is 0 Å². The summed E-state index contributed by atoms with van der Waals surface area (Å²) in [5.74, 6) is -1.60. The van der Waals surface area contributed by atoms with E-state index in [0.29, 0.717) is 5.56 Å². The lowest BCUT2D eigenvalue weighted by molar-refractivity contribution is -0.136. The molecule has 0 aliphatic heterocycles. The Balaban J connectivity index is 1.84. The number of carbonyl (C=O) groups is 2. The summed E-state index contributed by atoms with van der Waals surface area (Å²) in [6.45, 7) is -0.0770. The normalized spacial score (nSPS) is 11.6. The van der Waals surface area contributed by atoms with Crippen molar-refractivity contribution in [1.82, 2.24) is 10.5 Å². The fourth-order valence-corrected chi connectivity index (χ4v) is 1.83. The Labute approximate surface area is 133 Å². The van der Waals surface area contributed by atoms with Gasteiger partial charge >= 0.3 is 11.8 Å². The molecule has 8 heteroatoms. The van der Waals surface area contributed by atoms with Gasteiger partial charge in [0.15, 0.2) is 5.82 Å². The first-order valence-corrected chi connectivity index (χ1v) is 6.92. The van der Waals surface area contributed by atoms with Gasteiger partial charge in [-0.2, -0.15) is 0 Å². The third-order valence-corrected chi connectivity index (χ3v) is 3.14. The summed E-state index contributed by atoms with van der Waals surface area (Å²) in [5.41, 5.74) is 1.64. The summed E-state index contributed by atoms with van der Waals surface area (Å²) < 4.78 is 4.54. The van der Waals surface area contributed by atoms with Gasteiger partial charge < -0.3 is 19.8 Å². The molecule has 0 fully saturated rings. The number of anilines is 2. The molecular weight excluding hydrogens is 300 g/mol. The van der Waals surface area contributed by atoms with Crippen LogP contribution in [0.2, 0.25) is 0 Å². The third-order valence-electron chi connectivity index (χ3n) is 3.14. The minimum Gasteiger partial charge on any atom is -0.387 e. The van der Waals surface area contributed by atoms with E-state index in [-0.39, 0.29) is 12.4 Å². The molecule has 0 aliphatic rings. The molecular formula is C15H18N4O4. The molecule has 1 aromatic heterocycles. The van der Waals surface area contributed by atoms with Crippen molar-refractivity contribution in [2.45, 2.75) is 6.10 Å². The molecule has 23 heavy (non-hydrogen) atoms. The summed E-state index contributed by atoms with van der Waals surface area (Å²) in [4.78, 5) is 25.2. The van der Waals surface area contributed by atoms with E-state index in [2.05, 4.69) is 20.3 Å². The summed E-state index contributed by atoms with van der Waals surface area (Å²) in [7, 11) is 3.83. The smallest absolute Gasteiger partial charge is 0.314 e. The number of aromatic nitrogens is 1. The van der Waals surface area contributed by atoms with Crippen molar-refractivity contribution < 1.29 is 19.2 Å². The topological polar surface area (TPSA) is 108 Å². The fraction of sp³-hybridized carbons (Fsp3) is 0.267. The predicted octanol–water partition coefficient (Wildman–Crippen LogP) is 0.529. The van der Waals surface area contributed by atoms with Gasteiger partial charge in [0, 0.05) is 32.4 Å². The highest BCUT2D eigenvalue weighted by Crippen LogP contribution is 2.17. The SMILES string of the molecule is CN(C)c1ccc(C(O)CNC(=O)C(=O)Nc2ccon2)cc1. The van der Waals surface area contributed by atoms with E-state index in [4.69, 9.17) is 0 Å². The molecule has 3 N–H and O–H groups in total. The Morgan fingerprint density at radius 2 is 1.91 bits per heavy atom. The summed E-state index contributed by atoms with van der Waals surface area (Å²) in [6.07, 6.45) is 0.365. The van der Waals surface area contributed by atoms with E-state index in [1.54, 1.807) is 12.1 Å². The van der Waals surface area contributed by atoms with Crippen molar-refractivity contribution in [3.05, 3.63) is 42.2 Å². The largest absolute Gasteiger partial charge is 0.387 e. The average molecular weight is 318 g/mol. The lowest BCUT2D eigenvalue weighted by Gasteiger charge is -2.15. The first-order chi connectivity index (χ1) is 11.0. The Hall–Kier alpha value is -2.87. The quantitative estimate of drug-likeness (QED) is 0.694. The number of nitrogens with zero attached hydrogens (tertiary/aromatic N) is 2. The first kappa shape index (κ1) is 16.5. The molecule has 0 bridgehead atoms. The number of aliphatic hydroxyl groups is 1. The van der Waals surface area contributed by atoms with Crippen LogP contribution >= 0.6 is 0 Å². The second kappa shape index (κ2) is 7.41. The van der Waals surface area contributed by atoms with Crippen LogP contribution in [0, 0.1) is 0 Å². The van der Waals surface area contributed by atoms with E-state index in [0.717, 1.165) is 5.69 Å². The Morgan fingerprint density at radius 3 is 2.48 bits per heavy atom. The van der Waals surface area contributed by atoms with Crippen LogP contribution in [0.1, 0.15) is 11.7 Å². The van der Waals surface area contributed by atoms with E-state index in [9.17, 15) is 14.7 Å². The zero-order valence-corrected chi connectivity index (χ0v) is 12.8. The Morgan fingerprint density at radius 1 is 1.22 bits per heavy atom. The van der Waals surface area contributed by atoms with Crippen LogP contribution < -0.4 is 15.5 Å². The number of benzene rings is 1.